The highest BCUT2D eigenvalue weighted by Gasteiger charge is 2.38. The fourth-order valence-corrected chi connectivity index (χ4v) is 6.10. The van der Waals surface area contributed by atoms with Crippen LogP contribution < -0.4 is 30.2 Å². The van der Waals surface area contributed by atoms with Gasteiger partial charge in [0.2, 0.25) is 12.5 Å². The van der Waals surface area contributed by atoms with Gasteiger partial charge in [0.15, 0.2) is 17.7 Å². The second-order valence-corrected chi connectivity index (χ2v) is 9.02. The van der Waals surface area contributed by atoms with E-state index in [-0.39, 0.29) is 18.9 Å². The Kier molecular flexibility index (Phi) is 4.55. The summed E-state index contributed by atoms with van der Waals surface area (Å²) in [6.45, 7) is 1.17. The maximum atomic E-state index is 12.3. The molecule has 0 saturated carbocycles. The highest BCUT2D eigenvalue weighted by atomic mass is 32.1. The number of benzene rings is 1. The SMILES string of the molecule is COc1c2c(cc3c1[C@H](Nc1sc4c(c1C(N)=O)CCCC4)[NH+](C)CC3)OCO2. The number of nitrogens with two attached hydrogens (primary N) is 1. The zero-order valence-electron chi connectivity index (χ0n) is 16.7. The third kappa shape index (κ3) is 2.93. The first-order valence-corrected chi connectivity index (χ1v) is 10.9. The van der Waals surface area contributed by atoms with E-state index in [0.717, 1.165) is 54.1 Å². The van der Waals surface area contributed by atoms with Crippen LogP contribution in [0.15, 0.2) is 6.07 Å². The van der Waals surface area contributed by atoms with Gasteiger partial charge in [0.05, 0.1) is 31.8 Å². The second kappa shape index (κ2) is 7.11. The molecule has 1 aromatic heterocycles. The number of hydrogen-bond donors (Lipinski definition) is 3. The highest BCUT2D eigenvalue weighted by molar-refractivity contribution is 7.16. The van der Waals surface area contributed by atoms with Crippen LogP contribution in [0.3, 0.4) is 0 Å². The lowest BCUT2D eigenvalue weighted by molar-refractivity contribution is -0.910. The van der Waals surface area contributed by atoms with E-state index in [1.54, 1.807) is 18.4 Å². The third-order valence-corrected chi connectivity index (χ3v) is 7.43. The monoisotopic (exact) mass is 416 g/mol. The number of nitrogens with one attached hydrogen (secondary N) is 2. The topological polar surface area (TPSA) is 87.2 Å². The van der Waals surface area contributed by atoms with Gasteiger partial charge in [-0.2, -0.15) is 0 Å². The minimum absolute atomic E-state index is 0.0681. The Morgan fingerprint density at radius 1 is 1.31 bits per heavy atom. The standard InChI is InChI=1S/C21H25N3O4S/c1-24-8-7-11-9-13-17(28-10-27-13)18(26-2)15(11)20(24)23-21-16(19(22)25)12-5-3-4-6-14(12)29-21/h9,20,23H,3-8,10H2,1-2H3,(H2,22,25)/p+1/t20-/m1/s1. The van der Waals surface area contributed by atoms with Gasteiger partial charge in [0, 0.05) is 11.3 Å². The fraction of sp³-hybridized carbons (Fsp3) is 0.476. The summed E-state index contributed by atoms with van der Waals surface area (Å²) in [6.07, 6.45) is 5.08. The summed E-state index contributed by atoms with van der Waals surface area (Å²) >= 11 is 1.68. The molecule has 1 unspecified atom stereocenters. The van der Waals surface area contributed by atoms with E-state index in [1.165, 1.54) is 21.8 Å². The molecular formula is C21H26N3O4S+. The summed E-state index contributed by atoms with van der Waals surface area (Å²) in [6, 6.07) is 2.07. The predicted octanol–water partition coefficient (Wildman–Crippen LogP) is 1.64. The maximum Gasteiger partial charge on any atom is 0.251 e. The molecule has 1 aliphatic carbocycles. The molecule has 0 spiro atoms. The molecule has 1 aromatic carbocycles. The van der Waals surface area contributed by atoms with Crippen molar-refractivity contribution < 1.29 is 23.9 Å². The number of likely N-dealkylation sites (N-methyl/N-ethyl adjacent to an activating group) is 1. The van der Waals surface area contributed by atoms with Crippen LogP contribution in [0.5, 0.6) is 17.2 Å². The number of amides is 1. The first-order chi connectivity index (χ1) is 14.1. The first-order valence-electron chi connectivity index (χ1n) is 10.1. The molecule has 5 rings (SSSR count). The predicted molar refractivity (Wildman–Crippen MR) is 110 cm³/mol. The van der Waals surface area contributed by atoms with Crippen molar-refractivity contribution in [3.8, 4) is 17.2 Å². The molecule has 2 aromatic rings. The van der Waals surface area contributed by atoms with E-state index in [9.17, 15) is 4.79 Å². The molecule has 3 aliphatic rings. The molecule has 0 bridgehead atoms. The lowest BCUT2D eigenvalue weighted by Gasteiger charge is -2.33. The smallest absolute Gasteiger partial charge is 0.251 e. The van der Waals surface area contributed by atoms with Crippen LogP contribution in [0.1, 0.15) is 50.9 Å². The van der Waals surface area contributed by atoms with E-state index in [1.807, 2.05) is 0 Å². The van der Waals surface area contributed by atoms with Gasteiger partial charge in [-0.25, -0.2) is 0 Å². The molecule has 2 aliphatic heterocycles. The molecule has 4 N–H and O–H groups in total. The van der Waals surface area contributed by atoms with Crippen LogP contribution in [0.4, 0.5) is 5.00 Å². The van der Waals surface area contributed by atoms with Crippen molar-refractivity contribution in [1.29, 1.82) is 0 Å². The highest BCUT2D eigenvalue weighted by Crippen LogP contribution is 2.48. The summed E-state index contributed by atoms with van der Waals surface area (Å²) in [4.78, 5) is 14.9. The van der Waals surface area contributed by atoms with Gasteiger partial charge in [-0.3, -0.25) is 4.79 Å². The maximum absolute atomic E-state index is 12.3. The number of anilines is 1. The molecule has 154 valence electrons. The Morgan fingerprint density at radius 3 is 2.93 bits per heavy atom. The van der Waals surface area contributed by atoms with Crippen LogP contribution in [-0.2, 0) is 19.3 Å². The van der Waals surface area contributed by atoms with E-state index in [2.05, 4.69) is 18.4 Å². The van der Waals surface area contributed by atoms with Crippen molar-refractivity contribution in [2.24, 2.45) is 5.73 Å². The van der Waals surface area contributed by atoms with Crippen molar-refractivity contribution in [3.63, 3.8) is 0 Å². The number of fused-ring (bicyclic) bond motifs is 3. The summed E-state index contributed by atoms with van der Waals surface area (Å²) in [5.41, 5.74) is 9.88. The Bertz CT molecular complexity index is 987. The molecule has 0 fully saturated rings. The van der Waals surface area contributed by atoms with E-state index >= 15 is 0 Å². The number of ether oxygens (including phenoxy) is 3. The Balaban J connectivity index is 1.60. The van der Waals surface area contributed by atoms with Crippen molar-refractivity contribution in [2.45, 2.75) is 38.3 Å². The Hall–Kier alpha value is -2.45. The first kappa shape index (κ1) is 18.6. The number of carbonyl (C=O) groups excluding carboxylic acids is 1. The number of aryl methyl sites for hydroxylation is 1. The van der Waals surface area contributed by atoms with Gasteiger partial charge in [-0.1, -0.05) is 0 Å². The van der Waals surface area contributed by atoms with Crippen LogP contribution in [0, 0.1) is 0 Å². The number of thiophene rings is 1. The van der Waals surface area contributed by atoms with Gasteiger partial charge < -0.3 is 30.2 Å². The quantitative estimate of drug-likeness (QED) is 0.706. The minimum atomic E-state index is -0.349. The number of carbonyl (C=O) groups is 1. The number of rotatable bonds is 4. The molecule has 7 nitrogen and oxygen atoms in total. The normalized spacial score (nSPS) is 22.0. The summed E-state index contributed by atoms with van der Waals surface area (Å²) in [5, 5.41) is 4.54. The van der Waals surface area contributed by atoms with Crippen LogP contribution in [0.25, 0.3) is 0 Å². The van der Waals surface area contributed by atoms with Gasteiger partial charge in [-0.05, 0) is 42.9 Å². The van der Waals surface area contributed by atoms with Crippen LogP contribution in [0.2, 0.25) is 0 Å². The molecule has 0 saturated heterocycles. The minimum Gasteiger partial charge on any atom is -0.492 e. The lowest BCUT2D eigenvalue weighted by Crippen LogP contribution is -3.11. The van der Waals surface area contributed by atoms with Crippen molar-refractivity contribution in [2.75, 3.05) is 32.8 Å². The molecule has 0 radical (unpaired) electrons. The van der Waals surface area contributed by atoms with Crippen LogP contribution >= 0.6 is 11.3 Å². The lowest BCUT2D eigenvalue weighted by atomic mass is 9.94. The summed E-state index contributed by atoms with van der Waals surface area (Å²) < 4.78 is 17.1. The second-order valence-electron chi connectivity index (χ2n) is 7.92. The largest absolute Gasteiger partial charge is 0.492 e. The summed E-state index contributed by atoms with van der Waals surface area (Å²) in [5.74, 6) is 1.77. The van der Waals surface area contributed by atoms with Crippen molar-refractivity contribution >= 4 is 22.2 Å². The fourth-order valence-electron chi connectivity index (χ4n) is 4.78. The van der Waals surface area contributed by atoms with Gasteiger partial charge in [0.25, 0.3) is 5.91 Å². The Morgan fingerprint density at radius 2 is 2.14 bits per heavy atom. The Labute approximate surface area is 173 Å². The number of methoxy groups -OCH3 is 1. The van der Waals surface area contributed by atoms with Gasteiger partial charge in [-0.15, -0.1) is 11.3 Å². The molecule has 29 heavy (non-hydrogen) atoms. The van der Waals surface area contributed by atoms with E-state index < -0.39 is 0 Å². The summed E-state index contributed by atoms with van der Waals surface area (Å²) in [7, 11) is 3.82. The van der Waals surface area contributed by atoms with Crippen molar-refractivity contribution in [1.82, 2.24) is 0 Å². The molecule has 8 heteroatoms. The van der Waals surface area contributed by atoms with E-state index in [4.69, 9.17) is 19.9 Å². The molecule has 2 atom stereocenters. The zero-order valence-corrected chi connectivity index (χ0v) is 17.5. The average molecular weight is 417 g/mol. The van der Waals surface area contributed by atoms with Crippen molar-refractivity contribution in [3.05, 3.63) is 33.2 Å². The van der Waals surface area contributed by atoms with E-state index in [0.29, 0.717) is 17.1 Å². The average Bonchev–Trinajstić information content (AvgIpc) is 3.32. The van der Waals surface area contributed by atoms with Gasteiger partial charge >= 0.3 is 0 Å². The van der Waals surface area contributed by atoms with Crippen LogP contribution in [-0.4, -0.2) is 33.4 Å². The third-order valence-electron chi connectivity index (χ3n) is 6.21. The van der Waals surface area contributed by atoms with Gasteiger partial charge in [0.1, 0.15) is 5.00 Å². The molecular weight excluding hydrogens is 390 g/mol. The molecule has 1 amide bonds. The number of quaternary nitrogens is 1. The number of hydrogen-bond acceptors (Lipinski definition) is 6. The number of primary amides is 1. The zero-order chi connectivity index (χ0) is 20.1. The molecule has 3 heterocycles.